The largest absolute Gasteiger partial charge is 0.298 e. The van der Waals surface area contributed by atoms with Crippen molar-refractivity contribution in [1.29, 1.82) is 0 Å². The third-order valence-electron chi connectivity index (χ3n) is 2.51. The van der Waals surface area contributed by atoms with Gasteiger partial charge >= 0.3 is 0 Å². The number of ketones is 1. The molecule has 0 amide bonds. The van der Waals surface area contributed by atoms with E-state index in [1.165, 1.54) is 12.1 Å². The first-order chi connectivity index (χ1) is 7.11. The van der Waals surface area contributed by atoms with Crippen LogP contribution in [0.4, 0.5) is 8.78 Å². The van der Waals surface area contributed by atoms with Crippen LogP contribution in [0, 0.1) is 11.7 Å². The van der Waals surface area contributed by atoms with Crippen molar-refractivity contribution in [1.82, 2.24) is 0 Å². The molecular weight excluding hydrogens is 266 g/mol. The van der Waals surface area contributed by atoms with Crippen molar-refractivity contribution in [2.24, 2.45) is 5.92 Å². The summed E-state index contributed by atoms with van der Waals surface area (Å²) in [4.78, 5) is 10.9. The average molecular weight is 275 g/mol. The lowest BCUT2D eigenvalue weighted by Gasteiger charge is -2.09. The fraction of sp³-hybridized carbons (Fsp3) is 0.364. The van der Waals surface area contributed by atoms with Gasteiger partial charge in [-0.2, -0.15) is 0 Å². The van der Waals surface area contributed by atoms with Gasteiger partial charge in [0, 0.05) is 5.56 Å². The summed E-state index contributed by atoms with van der Waals surface area (Å²) in [5, 5.41) is 0. The van der Waals surface area contributed by atoms with Gasteiger partial charge in [0.15, 0.2) is 5.78 Å². The van der Waals surface area contributed by atoms with E-state index in [4.69, 9.17) is 0 Å². The Balaban J connectivity index is 2.17. The van der Waals surface area contributed by atoms with Gasteiger partial charge in [-0.15, -0.1) is 0 Å². The summed E-state index contributed by atoms with van der Waals surface area (Å²) >= 11 is 3.11. The van der Waals surface area contributed by atoms with E-state index in [1.54, 1.807) is 12.1 Å². The first kappa shape index (κ1) is 10.7. The third-order valence-corrected chi connectivity index (χ3v) is 3.45. The fourth-order valence-corrected chi connectivity index (χ4v) is 2.19. The summed E-state index contributed by atoms with van der Waals surface area (Å²) in [6.07, 6.45) is -0.764. The van der Waals surface area contributed by atoms with Gasteiger partial charge in [-0.25, -0.2) is 8.78 Å². The molecule has 3 atom stereocenters. The lowest BCUT2D eigenvalue weighted by atomic mass is 10.1. The number of benzene rings is 1. The molecule has 1 saturated carbocycles. The third kappa shape index (κ3) is 2.09. The summed E-state index contributed by atoms with van der Waals surface area (Å²) in [6, 6.07) is 6.02. The molecule has 80 valence electrons. The van der Waals surface area contributed by atoms with Gasteiger partial charge in [-0.3, -0.25) is 4.79 Å². The predicted octanol–water partition coefficient (Wildman–Crippen LogP) is 3.19. The number of rotatable bonds is 3. The Hall–Kier alpha value is -0.770. The Morgan fingerprint density at radius 1 is 1.47 bits per heavy atom. The number of hydrogen-bond acceptors (Lipinski definition) is 1. The molecule has 0 aliphatic heterocycles. The van der Waals surface area contributed by atoms with E-state index < -0.39 is 22.7 Å². The molecule has 3 unspecified atom stereocenters. The molecule has 1 aromatic rings. The molecule has 1 nitrogen and oxygen atoms in total. The lowest BCUT2D eigenvalue weighted by molar-refractivity contribution is -0.120. The van der Waals surface area contributed by atoms with Crippen molar-refractivity contribution in [2.45, 2.75) is 17.4 Å². The number of alkyl halides is 2. The molecule has 0 aromatic heterocycles. The SMILES string of the molecule is O=C(C(Br)c1ccccc1F)C1CC1F. The summed E-state index contributed by atoms with van der Waals surface area (Å²) in [5.74, 6) is -1.26. The zero-order valence-corrected chi connectivity index (χ0v) is 9.38. The van der Waals surface area contributed by atoms with E-state index in [0.29, 0.717) is 0 Å². The van der Waals surface area contributed by atoms with E-state index in [1.807, 2.05) is 0 Å². The van der Waals surface area contributed by atoms with Crippen molar-refractivity contribution < 1.29 is 13.6 Å². The van der Waals surface area contributed by atoms with Crippen LogP contribution in [0.2, 0.25) is 0 Å². The molecule has 1 aliphatic rings. The molecule has 0 heterocycles. The molecule has 0 radical (unpaired) electrons. The standard InChI is InChI=1S/C11H9BrF2O/c12-10(11(15)7-5-9(7)14)6-3-1-2-4-8(6)13/h1-4,7,9-10H,5H2. The zero-order chi connectivity index (χ0) is 11.0. The minimum atomic E-state index is -1.04. The Kier molecular flexibility index (Phi) is 2.87. The van der Waals surface area contributed by atoms with Gasteiger partial charge in [0.1, 0.15) is 16.8 Å². The Morgan fingerprint density at radius 3 is 2.60 bits per heavy atom. The van der Waals surface area contributed by atoms with Crippen molar-refractivity contribution in [3.05, 3.63) is 35.6 Å². The van der Waals surface area contributed by atoms with Crippen molar-refractivity contribution in [3.63, 3.8) is 0 Å². The van der Waals surface area contributed by atoms with E-state index in [0.717, 1.165) is 0 Å². The summed E-state index contributed by atoms with van der Waals surface area (Å²) in [6.45, 7) is 0. The van der Waals surface area contributed by atoms with Crippen LogP contribution in [0.15, 0.2) is 24.3 Å². The summed E-state index contributed by atoms with van der Waals surface area (Å²) < 4.78 is 26.0. The number of carbonyl (C=O) groups is 1. The normalized spacial score (nSPS) is 26.1. The molecule has 15 heavy (non-hydrogen) atoms. The van der Waals surface area contributed by atoms with Crippen LogP contribution in [-0.4, -0.2) is 12.0 Å². The maximum absolute atomic E-state index is 13.3. The fourth-order valence-electron chi connectivity index (χ4n) is 1.48. The van der Waals surface area contributed by atoms with Gasteiger partial charge in [-0.1, -0.05) is 34.1 Å². The van der Waals surface area contributed by atoms with Gasteiger partial charge in [0.05, 0.1) is 5.92 Å². The van der Waals surface area contributed by atoms with Crippen molar-refractivity contribution >= 4 is 21.7 Å². The molecule has 0 spiro atoms. The monoisotopic (exact) mass is 274 g/mol. The van der Waals surface area contributed by atoms with Crippen LogP contribution in [0.5, 0.6) is 0 Å². The van der Waals surface area contributed by atoms with Crippen LogP contribution in [0.25, 0.3) is 0 Å². The molecule has 0 saturated heterocycles. The topological polar surface area (TPSA) is 17.1 Å². The molecule has 0 N–H and O–H groups in total. The number of Topliss-reactive ketones (excluding diaryl/α,β-unsaturated/α-hetero) is 1. The Labute approximate surface area is 94.6 Å². The molecule has 4 heteroatoms. The maximum atomic E-state index is 13.3. The second kappa shape index (κ2) is 4.00. The van der Waals surface area contributed by atoms with Crippen LogP contribution < -0.4 is 0 Å². The quantitative estimate of drug-likeness (QED) is 0.774. The highest BCUT2D eigenvalue weighted by atomic mass is 79.9. The first-order valence-electron chi connectivity index (χ1n) is 4.67. The minimum Gasteiger partial charge on any atom is -0.298 e. The highest BCUT2D eigenvalue weighted by Crippen LogP contribution is 2.41. The second-order valence-electron chi connectivity index (χ2n) is 3.64. The number of hydrogen-bond donors (Lipinski definition) is 0. The van der Waals surface area contributed by atoms with E-state index in [9.17, 15) is 13.6 Å². The van der Waals surface area contributed by atoms with Crippen molar-refractivity contribution in [3.8, 4) is 0 Å². The second-order valence-corrected chi connectivity index (χ2v) is 4.56. The van der Waals surface area contributed by atoms with Gasteiger partial charge in [0.25, 0.3) is 0 Å². The number of carbonyl (C=O) groups excluding carboxylic acids is 1. The van der Waals surface area contributed by atoms with Crippen LogP contribution in [0.1, 0.15) is 16.8 Å². The highest BCUT2D eigenvalue weighted by Gasteiger charge is 2.46. The average Bonchev–Trinajstić information content (AvgIpc) is 2.94. The highest BCUT2D eigenvalue weighted by molar-refractivity contribution is 9.09. The molecule has 2 rings (SSSR count). The molecular formula is C11H9BrF2O. The maximum Gasteiger partial charge on any atom is 0.157 e. The van der Waals surface area contributed by atoms with E-state index >= 15 is 0 Å². The number of halogens is 3. The van der Waals surface area contributed by atoms with Crippen LogP contribution >= 0.6 is 15.9 Å². The van der Waals surface area contributed by atoms with Crippen LogP contribution in [0.3, 0.4) is 0 Å². The lowest BCUT2D eigenvalue weighted by Crippen LogP contribution is -2.11. The van der Waals surface area contributed by atoms with Gasteiger partial charge in [0.2, 0.25) is 0 Å². The predicted molar refractivity (Wildman–Crippen MR) is 56.1 cm³/mol. The van der Waals surface area contributed by atoms with Crippen molar-refractivity contribution in [2.75, 3.05) is 0 Å². The molecule has 1 aliphatic carbocycles. The Morgan fingerprint density at radius 2 is 2.07 bits per heavy atom. The zero-order valence-electron chi connectivity index (χ0n) is 7.79. The van der Waals surface area contributed by atoms with Gasteiger partial charge in [-0.05, 0) is 12.5 Å². The van der Waals surface area contributed by atoms with E-state index in [-0.39, 0.29) is 17.8 Å². The van der Waals surface area contributed by atoms with E-state index in [2.05, 4.69) is 15.9 Å². The Bertz CT molecular complexity index is 394. The summed E-state index contributed by atoms with van der Waals surface area (Å²) in [7, 11) is 0. The molecule has 0 bridgehead atoms. The molecule has 1 fully saturated rings. The van der Waals surface area contributed by atoms with Crippen LogP contribution in [-0.2, 0) is 4.79 Å². The first-order valence-corrected chi connectivity index (χ1v) is 5.59. The molecule has 1 aromatic carbocycles. The minimum absolute atomic E-state index is 0.271. The smallest absolute Gasteiger partial charge is 0.157 e. The summed E-state index contributed by atoms with van der Waals surface area (Å²) in [5.41, 5.74) is 0.279. The van der Waals surface area contributed by atoms with Gasteiger partial charge < -0.3 is 0 Å².